The number of carbonyl (C=O) groups excluding carboxylic acids is 2. The minimum absolute atomic E-state index is 0.440. The lowest BCUT2D eigenvalue weighted by molar-refractivity contribution is 0.0506. The molecule has 2 unspecified atom stereocenters. The third-order valence-corrected chi connectivity index (χ3v) is 3.39. The Balaban J connectivity index is 2.37. The summed E-state index contributed by atoms with van der Waals surface area (Å²) in [6.07, 6.45) is 10.9. The molecule has 0 aromatic heterocycles. The van der Waals surface area contributed by atoms with Crippen molar-refractivity contribution in [2.75, 3.05) is 0 Å². The molecule has 3 heteroatoms. The summed E-state index contributed by atoms with van der Waals surface area (Å²) < 4.78 is 5.82. The predicted molar refractivity (Wildman–Crippen MR) is 87.9 cm³/mol. The molecule has 2 atom stereocenters. The van der Waals surface area contributed by atoms with E-state index in [2.05, 4.69) is 11.8 Å². The SMILES string of the molecule is C#CC(OC(C#C)c1ccccc1C=O)c1ccccc1C=O. The smallest absolute Gasteiger partial charge is 0.150 e. The fourth-order valence-electron chi connectivity index (χ4n) is 2.25. The zero-order chi connectivity index (χ0) is 16.7. The van der Waals surface area contributed by atoms with E-state index in [0.29, 0.717) is 34.8 Å². The molecule has 23 heavy (non-hydrogen) atoms. The first-order chi connectivity index (χ1) is 11.2. The Bertz CT molecular complexity index is 726. The molecular weight excluding hydrogens is 288 g/mol. The Hall–Kier alpha value is -3.14. The van der Waals surface area contributed by atoms with Crippen molar-refractivity contribution in [3.05, 3.63) is 70.8 Å². The topological polar surface area (TPSA) is 43.4 Å². The fraction of sp³-hybridized carbons (Fsp3) is 0.100. The van der Waals surface area contributed by atoms with E-state index in [1.165, 1.54) is 0 Å². The number of carbonyl (C=O) groups is 2. The maximum absolute atomic E-state index is 11.2. The van der Waals surface area contributed by atoms with Gasteiger partial charge in [-0.2, -0.15) is 0 Å². The van der Waals surface area contributed by atoms with Crippen molar-refractivity contribution in [2.24, 2.45) is 0 Å². The summed E-state index contributed by atoms with van der Waals surface area (Å²) >= 11 is 0. The van der Waals surface area contributed by atoms with E-state index in [1.54, 1.807) is 48.5 Å². The highest BCUT2D eigenvalue weighted by Gasteiger charge is 2.20. The summed E-state index contributed by atoms with van der Waals surface area (Å²) in [6.45, 7) is 0. The molecule has 0 fully saturated rings. The van der Waals surface area contributed by atoms with Crippen LogP contribution in [0.1, 0.15) is 44.1 Å². The molecule has 2 aromatic carbocycles. The van der Waals surface area contributed by atoms with Gasteiger partial charge in [0.2, 0.25) is 0 Å². The monoisotopic (exact) mass is 302 g/mol. The van der Waals surface area contributed by atoms with Crippen LogP contribution in [0.2, 0.25) is 0 Å². The second-order valence-electron chi connectivity index (χ2n) is 4.72. The van der Waals surface area contributed by atoms with Gasteiger partial charge in [0.25, 0.3) is 0 Å². The van der Waals surface area contributed by atoms with Crippen LogP contribution in [-0.2, 0) is 4.74 Å². The Labute approximate surface area is 135 Å². The molecule has 0 saturated heterocycles. The lowest BCUT2D eigenvalue weighted by atomic mass is 10.0. The van der Waals surface area contributed by atoms with Crippen LogP contribution < -0.4 is 0 Å². The summed E-state index contributed by atoms with van der Waals surface area (Å²) in [5.41, 5.74) is 2.01. The summed E-state index contributed by atoms with van der Waals surface area (Å²) in [7, 11) is 0. The van der Waals surface area contributed by atoms with Gasteiger partial charge in [-0.3, -0.25) is 9.59 Å². The van der Waals surface area contributed by atoms with Gasteiger partial charge in [0.1, 0.15) is 24.8 Å². The van der Waals surface area contributed by atoms with E-state index in [9.17, 15) is 9.59 Å². The molecule has 3 nitrogen and oxygen atoms in total. The van der Waals surface area contributed by atoms with Crippen molar-refractivity contribution in [3.63, 3.8) is 0 Å². The zero-order valence-electron chi connectivity index (χ0n) is 12.3. The van der Waals surface area contributed by atoms with E-state index >= 15 is 0 Å². The van der Waals surface area contributed by atoms with Crippen molar-refractivity contribution in [3.8, 4) is 24.7 Å². The first-order valence-electron chi connectivity index (χ1n) is 6.91. The van der Waals surface area contributed by atoms with E-state index in [1.807, 2.05) is 0 Å². The number of aldehydes is 2. The van der Waals surface area contributed by atoms with Crippen LogP contribution in [0.5, 0.6) is 0 Å². The van der Waals surface area contributed by atoms with Gasteiger partial charge in [-0.1, -0.05) is 60.4 Å². The highest BCUT2D eigenvalue weighted by molar-refractivity contribution is 5.78. The average Bonchev–Trinajstić information content (AvgIpc) is 2.63. The highest BCUT2D eigenvalue weighted by atomic mass is 16.5. The first-order valence-corrected chi connectivity index (χ1v) is 6.91. The van der Waals surface area contributed by atoms with Gasteiger partial charge in [0.15, 0.2) is 0 Å². The molecule has 0 aliphatic heterocycles. The second kappa shape index (κ2) is 7.75. The van der Waals surface area contributed by atoms with Gasteiger partial charge >= 0.3 is 0 Å². The first kappa shape index (κ1) is 16.2. The third-order valence-electron chi connectivity index (χ3n) is 3.39. The van der Waals surface area contributed by atoms with Gasteiger partial charge in [0.05, 0.1) is 0 Å². The number of hydrogen-bond donors (Lipinski definition) is 0. The normalized spacial score (nSPS) is 12.4. The van der Waals surface area contributed by atoms with Crippen LogP contribution in [0, 0.1) is 24.7 Å². The molecule has 2 aromatic rings. The lowest BCUT2D eigenvalue weighted by Gasteiger charge is -2.20. The standard InChI is InChI=1S/C20H14O3/c1-3-19(17-11-7-5-9-15(17)13-21)23-20(4-2)18-12-8-6-10-16(18)14-22/h1-2,5-14,19-20H. The van der Waals surface area contributed by atoms with Crippen LogP contribution in [0.3, 0.4) is 0 Å². The molecule has 0 N–H and O–H groups in total. The predicted octanol–water partition coefficient (Wildman–Crippen LogP) is 3.38. The van der Waals surface area contributed by atoms with Gasteiger partial charge in [-0.05, 0) is 0 Å². The van der Waals surface area contributed by atoms with Crippen LogP contribution in [0.4, 0.5) is 0 Å². The number of rotatable bonds is 6. The Morgan fingerprint density at radius 1 is 0.783 bits per heavy atom. The highest BCUT2D eigenvalue weighted by Crippen LogP contribution is 2.29. The minimum Gasteiger partial charge on any atom is -0.340 e. The van der Waals surface area contributed by atoms with Crippen molar-refractivity contribution >= 4 is 12.6 Å². The molecular formula is C20H14O3. The number of benzene rings is 2. The van der Waals surface area contributed by atoms with Crippen molar-refractivity contribution in [2.45, 2.75) is 12.2 Å². The molecule has 0 aliphatic carbocycles. The summed E-state index contributed by atoms with van der Waals surface area (Å²) in [6, 6.07) is 13.7. The summed E-state index contributed by atoms with van der Waals surface area (Å²) in [5, 5.41) is 0. The van der Waals surface area contributed by atoms with Crippen molar-refractivity contribution < 1.29 is 14.3 Å². The third kappa shape index (κ3) is 3.55. The maximum Gasteiger partial charge on any atom is 0.150 e. The largest absolute Gasteiger partial charge is 0.340 e. The molecule has 112 valence electrons. The van der Waals surface area contributed by atoms with Gasteiger partial charge in [-0.25, -0.2) is 0 Å². The average molecular weight is 302 g/mol. The van der Waals surface area contributed by atoms with E-state index in [4.69, 9.17) is 17.6 Å². The molecule has 0 heterocycles. The van der Waals surface area contributed by atoms with Crippen LogP contribution >= 0.6 is 0 Å². The fourth-order valence-corrected chi connectivity index (χ4v) is 2.25. The molecule has 2 rings (SSSR count). The summed E-state index contributed by atoms with van der Waals surface area (Å²) in [5.74, 6) is 5.00. The Morgan fingerprint density at radius 2 is 1.17 bits per heavy atom. The van der Waals surface area contributed by atoms with Crippen LogP contribution in [0.25, 0.3) is 0 Å². The van der Waals surface area contributed by atoms with E-state index in [-0.39, 0.29) is 0 Å². The quantitative estimate of drug-likeness (QED) is 0.607. The van der Waals surface area contributed by atoms with Crippen LogP contribution in [0.15, 0.2) is 48.5 Å². The molecule has 0 spiro atoms. The Morgan fingerprint density at radius 3 is 1.52 bits per heavy atom. The Kier molecular flexibility index (Phi) is 5.47. The van der Waals surface area contributed by atoms with Gasteiger partial charge in [-0.15, -0.1) is 12.8 Å². The van der Waals surface area contributed by atoms with Crippen molar-refractivity contribution in [1.29, 1.82) is 0 Å². The maximum atomic E-state index is 11.2. The minimum atomic E-state index is -0.794. The molecule has 0 aliphatic rings. The molecule has 0 amide bonds. The van der Waals surface area contributed by atoms with E-state index < -0.39 is 12.2 Å². The summed E-state index contributed by atoms with van der Waals surface area (Å²) in [4.78, 5) is 22.3. The molecule has 0 saturated carbocycles. The van der Waals surface area contributed by atoms with Gasteiger partial charge in [0, 0.05) is 22.3 Å². The number of ether oxygens (including phenoxy) is 1. The van der Waals surface area contributed by atoms with E-state index in [0.717, 1.165) is 0 Å². The second-order valence-corrected chi connectivity index (χ2v) is 4.72. The number of terminal acetylenes is 2. The lowest BCUT2D eigenvalue weighted by Crippen LogP contribution is -2.11. The van der Waals surface area contributed by atoms with Gasteiger partial charge < -0.3 is 4.74 Å². The van der Waals surface area contributed by atoms with Crippen molar-refractivity contribution in [1.82, 2.24) is 0 Å². The number of hydrogen-bond acceptors (Lipinski definition) is 3. The molecule has 0 bridgehead atoms. The molecule has 0 radical (unpaired) electrons. The zero-order valence-corrected chi connectivity index (χ0v) is 12.3. The van der Waals surface area contributed by atoms with Crippen LogP contribution in [-0.4, -0.2) is 12.6 Å².